The SMILES string of the molecule is CNc1nc2ccccc2cc1CN(CC1CC1)C1CC1. The highest BCUT2D eigenvalue weighted by molar-refractivity contribution is 5.81. The largest absolute Gasteiger partial charge is 0.373 e. The summed E-state index contributed by atoms with van der Waals surface area (Å²) < 4.78 is 0. The maximum atomic E-state index is 4.78. The molecule has 2 saturated carbocycles. The van der Waals surface area contributed by atoms with Crippen LogP contribution in [0.25, 0.3) is 10.9 Å². The van der Waals surface area contributed by atoms with Gasteiger partial charge in [0, 0.05) is 37.1 Å². The summed E-state index contributed by atoms with van der Waals surface area (Å²) in [5, 5.41) is 4.53. The van der Waals surface area contributed by atoms with Crippen molar-refractivity contribution in [3.05, 3.63) is 35.9 Å². The van der Waals surface area contributed by atoms with E-state index in [0.717, 1.165) is 29.8 Å². The van der Waals surface area contributed by atoms with Gasteiger partial charge in [-0.1, -0.05) is 18.2 Å². The second-order valence-corrected chi connectivity index (χ2v) is 6.54. The third kappa shape index (κ3) is 2.88. The normalized spacial score (nSPS) is 18.4. The van der Waals surface area contributed by atoms with Crippen LogP contribution in [-0.2, 0) is 6.54 Å². The van der Waals surface area contributed by atoms with Gasteiger partial charge in [-0.05, 0) is 43.7 Å². The third-order valence-electron chi connectivity index (χ3n) is 4.67. The minimum atomic E-state index is 0.821. The molecule has 1 heterocycles. The molecule has 0 amide bonds. The molecule has 0 spiro atoms. The Morgan fingerprint density at radius 2 is 2.00 bits per heavy atom. The Balaban J connectivity index is 1.63. The van der Waals surface area contributed by atoms with Crippen LogP contribution >= 0.6 is 0 Å². The number of rotatable bonds is 6. The fourth-order valence-corrected chi connectivity index (χ4v) is 3.13. The van der Waals surface area contributed by atoms with Crippen molar-refractivity contribution >= 4 is 16.7 Å². The first-order valence-electron chi connectivity index (χ1n) is 8.14. The summed E-state index contributed by atoms with van der Waals surface area (Å²) in [7, 11) is 1.98. The van der Waals surface area contributed by atoms with Crippen molar-refractivity contribution in [3.63, 3.8) is 0 Å². The lowest BCUT2D eigenvalue weighted by molar-refractivity contribution is 0.244. The van der Waals surface area contributed by atoms with E-state index in [-0.39, 0.29) is 0 Å². The van der Waals surface area contributed by atoms with Crippen LogP contribution < -0.4 is 5.32 Å². The number of pyridine rings is 1. The van der Waals surface area contributed by atoms with Gasteiger partial charge < -0.3 is 5.32 Å². The average molecular weight is 281 g/mol. The smallest absolute Gasteiger partial charge is 0.130 e. The van der Waals surface area contributed by atoms with Crippen molar-refractivity contribution in [1.82, 2.24) is 9.88 Å². The summed E-state index contributed by atoms with van der Waals surface area (Å²) in [5.41, 5.74) is 2.41. The molecule has 2 aliphatic rings. The maximum absolute atomic E-state index is 4.78. The molecule has 0 atom stereocenters. The summed E-state index contributed by atoms with van der Waals surface area (Å²) >= 11 is 0. The molecule has 2 aromatic rings. The Kier molecular flexibility index (Phi) is 3.30. The first-order chi connectivity index (χ1) is 10.3. The fraction of sp³-hybridized carbons (Fsp3) is 0.500. The second kappa shape index (κ2) is 5.30. The molecule has 0 aliphatic heterocycles. The molecule has 2 aliphatic carbocycles. The van der Waals surface area contributed by atoms with Crippen molar-refractivity contribution in [2.75, 3.05) is 18.9 Å². The Bertz CT molecular complexity index is 644. The molecule has 3 nitrogen and oxygen atoms in total. The summed E-state index contributed by atoms with van der Waals surface area (Å²) in [4.78, 5) is 7.47. The molecule has 3 heteroatoms. The minimum Gasteiger partial charge on any atom is -0.373 e. The number of anilines is 1. The van der Waals surface area contributed by atoms with Gasteiger partial charge in [0.2, 0.25) is 0 Å². The highest BCUT2D eigenvalue weighted by Gasteiger charge is 2.33. The molecule has 0 unspecified atom stereocenters. The van der Waals surface area contributed by atoms with Crippen LogP contribution in [0.1, 0.15) is 31.2 Å². The zero-order valence-corrected chi connectivity index (χ0v) is 12.7. The number of hydrogen-bond donors (Lipinski definition) is 1. The van der Waals surface area contributed by atoms with E-state index in [9.17, 15) is 0 Å². The molecule has 1 N–H and O–H groups in total. The standard InChI is InChI=1S/C18H23N3/c1-19-18-15(10-14-4-2-3-5-17(14)20-18)12-21(16-8-9-16)11-13-6-7-13/h2-5,10,13,16H,6-9,11-12H2,1H3,(H,19,20). The van der Waals surface area contributed by atoms with E-state index in [4.69, 9.17) is 4.98 Å². The predicted molar refractivity (Wildman–Crippen MR) is 87.4 cm³/mol. The molecule has 1 aromatic heterocycles. The molecule has 0 radical (unpaired) electrons. The molecule has 1 aromatic carbocycles. The number of nitrogens with one attached hydrogen (secondary N) is 1. The molecule has 0 bridgehead atoms. The number of aromatic nitrogens is 1. The van der Waals surface area contributed by atoms with Gasteiger partial charge in [0.1, 0.15) is 5.82 Å². The lowest BCUT2D eigenvalue weighted by atomic mass is 10.1. The van der Waals surface area contributed by atoms with Gasteiger partial charge in [0.25, 0.3) is 0 Å². The number of para-hydroxylation sites is 1. The molecule has 2 fully saturated rings. The highest BCUT2D eigenvalue weighted by atomic mass is 15.2. The van der Waals surface area contributed by atoms with Crippen LogP contribution in [-0.4, -0.2) is 29.5 Å². The van der Waals surface area contributed by atoms with E-state index in [1.165, 1.54) is 43.2 Å². The minimum absolute atomic E-state index is 0.821. The van der Waals surface area contributed by atoms with Gasteiger partial charge in [-0.15, -0.1) is 0 Å². The predicted octanol–water partition coefficient (Wildman–Crippen LogP) is 3.65. The van der Waals surface area contributed by atoms with Crippen LogP contribution in [0.2, 0.25) is 0 Å². The van der Waals surface area contributed by atoms with Crippen molar-refractivity contribution in [2.24, 2.45) is 5.92 Å². The van der Waals surface area contributed by atoms with E-state index in [2.05, 4.69) is 40.5 Å². The van der Waals surface area contributed by atoms with Crippen molar-refractivity contribution in [1.29, 1.82) is 0 Å². The van der Waals surface area contributed by atoms with Crippen molar-refractivity contribution < 1.29 is 0 Å². The molecular weight excluding hydrogens is 258 g/mol. The summed E-state index contributed by atoms with van der Waals surface area (Å²) in [5.74, 6) is 1.99. The first-order valence-corrected chi connectivity index (χ1v) is 8.14. The quantitative estimate of drug-likeness (QED) is 0.876. The second-order valence-electron chi connectivity index (χ2n) is 6.54. The van der Waals surface area contributed by atoms with Gasteiger partial charge in [0.05, 0.1) is 5.52 Å². The van der Waals surface area contributed by atoms with E-state index in [1.807, 2.05) is 7.05 Å². The topological polar surface area (TPSA) is 28.2 Å². The highest BCUT2D eigenvalue weighted by Crippen LogP contribution is 2.36. The van der Waals surface area contributed by atoms with Gasteiger partial charge in [-0.2, -0.15) is 0 Å². The Morgan fingerprint density at radius 3 is 2.71 bits per heavy atom. The monoisotopic (exact) mass is 281 g/mol. The third-order valence-corrected chi connectivity index (χ3v) is 4.67. The van der Waals surface area contributed by atoms with Crippen LogP contribution in [0, 0.1) is 5.92 Å². The molecule has 0 saturated heterocycles. The number of nitrogens with zero attached hydrogens (tertiary/aromatic N) is 2. The Labute approximate surface area is 126 Å². The Morgan fingerprint density at radius 1 is 1.19 bits per heavy atom. The van der Waals surface area contributed by atoms with Gasteiger partial charge in [0.15, 0.2) is 0 Å². The van der Waals surface area contributed by atoms with Crippen molar-refractivity contribution in [2.45, 2.75) is 38.3 Å². The lowest BCUT2D eigenvalue weighted by Gasteiger charge is -2.23. The molecule has 4 rings (SSSR count). The summed E-state index contributed by atoms with van der Waals surface area (Å²) in [6, 6.07) is 11.5. The van der Waals surface area contributed by atoms with Crippen molar-refractivity contribution in [3.8, 4) is 0 Å². The molecule has 21 heavy (non-hydrogen) atoms. The summed E-state index contributed by atoms with van der Waals surface area (Å²) in [6.45, 7) is 2.32. The Hall–Kier alpha value is -1.61. The van der Waals surface area contributed by atoms with Crippen LogP contribution in [0.15, 0.2) is 30.3 Å². The van der Waals surface area contributed by atoms with Gasteiger partial charge >= 0.3 is 0 Å². The zero-order valence-electron chi connectivity index (χ0n) is 12.7. The molecular formula is C18H23N3. The van der Waals surface area contributed by atoms with Crippen LogP contribution in [0.3, 0.4) is 0 Å². The fourth-order valence-electron chi connectivity index (χ4n) is 3.13. The average Bonchev–Trinajstić information content (AvgIpc) is 3.38. The van der Waals surface area contributed by atoms with Gasteiger partial charge in [-0.3, -0.25) is 4.90 Å². The number of fused-ring (bicyclic) bond motifs is 1. The summed E-state index contributed by atoms with van der Waals surface area (Å²) in [6.07, 6.45) is 5.61. The number of hydrogen-bond acceptors (Lipinski definition) is 3. The maximum Gasteiger partial charge on any atom is 0.130 e. The van der Waals surface area contributed by atoms with E-state index in [1.54, 1.807) is 0 Å². The van der Waals surface area contributed by atoms with E-state index >= 15 is 0 Å². The van der Waals surface area contributed by atoms with E-state index < -0.39 is 0 Å². The molecule has 110 valence electrons. The lowest BCUT2D eigenvalue weighted by Crippen LogP contribution is -2.28. The van der Waals surface area contributed by atoms with Crippen LogP contribution in [0.5, 0.6) is 0 Å². The van der Waals surface area contributed by atoms with E-state index in [0.29, 0.717) is 0 Å². The first kappa shape index (κ1) is 13.1. The number of benzene rings is 1. The van der Waals surface area contributed by atoms with Crippen LogP contribution in [0.4, 0.5) is 5.82 Å². The van der Waals surface area contributed by atoms with Gasteiger partial charge in [-0.25, -0.2) is 4.98 Å². The zero-order chi connectivity index (χ0) is 14.2.